The number of carbonyl (C=O) groups excluding carboxylic acids is 2. The number of carboxylic acid groups (broad SMARTS) is 1. The van der Waals surface area contributed by atoms with Crippen molar-refractivity contribution in [2.45, 2.75) is 64.9 Å². The van der Waals surface area contributed by atoms with E-state index in [1.165, 1.54) is 14.0 Å². The molecule has 3 unspecified atom stereocenters. The summed E-state index contributed by atoms with van der Waals surface area (Å²) >= 11 is 0. The summed E-state index contributed by atoms with van der Waals surface area (Å²) in [5, 5.41) is 15.3. The maximum absolute atomic E-state index is 14.2. The van der Waals surface area contributed by atoms with Gasteiger partial charge in [-0.2, -0.15) is 0 Å². The SMILES string of the molecule is COc1cc2c(c3c1c(=O)c1cc4ccccc4cc1n3C)C(OC(C)=O)C(C(NC(=O)OC(C)(C)C)C(=O)O)C(C)(C)O2. The summed E-state index contributed by atoms with van der Waals surface area (Å²) in [6.07, 6.45) is -2.22. The molecule has 11 heteroatoms. The first-order valence-electron chi connectivity index (χ1n) is 14.2. The van der Waals surface area contributed by atoms with Crippen molar-refractivity contribution in [3.05, 3.63) is 58.3 Å². The molecule has 3 aromatic carbocycles. The third-order valence-electron chi connectivity index (χ3n) is 7.90. The lowest BCUT2D eigenvalue weighted by Crippen LogP contribution is -2.59. The molecule has 11 nitrogen and oxygen atoms in total. The summed E-state index contributed by atoms with van der Waals surface area (Å²) in [6.45, 7) is 9.46. The van der Waals surface area contributed by atoms with E-state index in [4.69, 9.17) is 18.9 Å². The van der Waals surface area contributed by atoms with E-state index in [-0.39, 0.29) is 27.9 Å². The van der Waals surface area contributed by atoms with Crippen LogP contribution in [0.3, 0.4) is 0 Å². The first kappa shape index (κ1) is 30.7. The Labute approximate surface area is 253 Å². The summed E-state index contributed by atoms with van der Waals surface area (Å²) in [4.78, 5) is 52.4. The number of carbonyl (C=O) groups is 3. The number of nitrogens with zero attached hydrogens (tertiary/aromatic N) is 1. The molecule has 44 heavy (non-hydrogen) atoms. The number of ether oxygens (including phenoxy) is 4. The first-order chi connectivity index (χ1) is 20.5. The smallest absolute Gasteiger partial charge is 0.408 e. The number of carboxylic acids is 1. The van der Waals surface area contributed by atoms with Crippen molar-refractivity contribution in [3.8, 4) is 11.5 Å². The van der Waals surface area contributed by atoms with Gasteiger partial charge in [0.05, 0.1) is 35.0 Å². The van der Waals surface area contributed by atoms with Gasteiger partial charge in [0.25, 0.3) is 0 Å². The van der Waals surface area contributed by atoms with E-state index >= 15 is 0 Å². The minimum Gasteiger partial charge on any atom is -0.496 e. The van der Waals surface area contributed by atoms with Gasteiger partial charge < -0.3 is 33.9 Å². The lowest BCUT2D eigenvalue weighted by Gasteiger charge is -2.46. The van der Waals surface area contributed by atoms with Crippen LogP contribution < -0.4 is 20.2 Å². The van der Waals surface area contributed by atoms with Crippen molar-refractivity contribution in [1.29, 1.82) is 0 Å². The van der Waals surface area contributed by atoms with Gasteiger partial charge in [-0.25, -0.2) is 9.59 Å². The Balaban J connectivity index is 1.85. The molecule has 0 saturated carbocycles. The molecule has 232 valence electrons. The Hall–Kier alpha value is -4.80. The van der Waals surface area contributed by atoms with Gasteiger partial charge in [-0.05, 0) is 57.5 Å². The second kappa shape index (κ2) is 10.7. The molecule has 0 spiro atoms. The van der Waals surface area contributed by atoms with Crippen LogP contribution in [0.1, 0.15) is 53.2 Å². The van der Waals surface area contributed by atoms with Gasteiger partial charge in [0.15, 0.2) is 0 Å². The zero-order valence-electron chi connectivity index (χ0n) is 25.9. The molecule has 0 fully saturated rings. The number of nitrogens with one attached hydrogen (secondary N) is 1. The van der Waals surface area contributed by atoms with E-state index in [1.807, 2.05) is 36.4 Å². The molecular formula is C33H36N2O9. The van der Waals surface area contributed by atoms with Crippen molar-refractivity contribution in [1.82, 2.24) is 9.88 Å². The summed E-state index contributed by atoms with van der Waals surface area (Å²) in [7, 11) is 3.21. The highest BCUT2D eigenvalue weighted by molar-refractivity contribution is 6.04. The number of hydrogen-bond donors (Lipinski definition) is 2. The van der Waals surface area contributed by atoms with Crippen LogP contribution >= 0.6 is 0 Å². The number of aliphatic carboxylic acids is 1. The number of hydrogen-bond acceptors (Lipinski definition) is 8. The normalized spacial score (nSPS) is 18.3. The maximum Gasteiger partial charge on any atom is 0.408 e. The number of pyridine rings is 1. The molecule has 1 aromatic heterocycles. The Morgan fingerprint density at radius 1 is 1.09 bits per heavy atom. The molecule has 1 aliphatic heterocycles. The molecule has 0 radical (unpaired) electrons. The molecular weight excluding hydrogens is 568 g/mol. The van der Waals surface area contributed by atoms with Crippen LogP contribution in [-0.4, -0.2) is 52.1 Å². The zero-order valence-corrected chi connectivity index (χ0v) is 25.9. The number of esters is 1. The number of amides is 1. The summed E-state index contributed by atoms with van der Waals surface area (Å²) in [5.41, 5.74) is -1.29. The minimum atomic E-state index is -1.61. The average molecular weight is 605 g/mol. The third-order valence-corrected chi connectivity index (χ3v) is 7.90. The van der Waals surface area contributed by atoms with E-state index in [2.05, 4.69) is 5.32 Å². The average Bonchev–Trinajstić information content (AvgIpc) is 2.91. The maximum atomic E-state index is 14.2. The Morgan fingerprint density at radius 3 is 2.30 bits per heavy atom. The van der Waals surface area contributed by atoms with Crippen molar-refractivity contribution in [2.24, 2.45) is 13.0 Å². The van der Waals surface area contributed by atoms with E-state index in [9.17, 15) is 24.3 Å². The molecule has 0 saturated heterocycles. The minimum absolute atomic E-state index is 0.211. The molecule has 0 bridgehead atoms. The van der Waals surface area contributed by atoms with E-state index in [0.717, 1.165) is 10.8 Å². The number of benzene rings is 3. The van der Waals surface area contributed by atoms with Crippen molar-refractivity contribution < 1.29 is 38.4 Å². The van der Waals surface area contributed by atoms with Gasteiger partial charge >= 0.3 is 18.0 Å². The lowest BCUT2D eigenvalue weighted by molar-refractivity contribution is -0.165. The van der Waals surface area contributed by atoms with Gasteiger partial charge in [0.1, 0.15) is 34.8 Å². The number of alkyl carbamates (subject to hydrolysis) is 1. The van der Waals surface area contributed by atoms with Crippen molar-refractivity contribution >= 4 is 50.6 Å². The molecule has 5 rings (SSSR count). The predicted molar refractivity (Wildman–Crippen MR) is 164 cm³/mol. The highest BCUT2D eigenvalue weighted by atomic mass is 16.6. The third kappa shape index (κ3) is 5.27. The zero-order chi connectivity index (χ0) is 32.3. The van der Waals surface area contributed by atoms with Gasteiger partial charge in [-0.15, -0.1) is 0 Å². The van der Waals surface area contributed by atoms with Crippen LogP contribution in [0.5, 0.6) is 11.5 Å². The van der Waals surface area contributed by atoms with Crippen LogP contribution in [0.4, 0.5) is 4.79 Å². The van der Waals surface area contributed by atoms with Crippen LogP contribution in [0, 0.1) is 5.92 Å². The Bertz CT molecular complexity index is 1900. The number of aromatic nitrogens is 1. The number of aryl methyl sites for hydroxylation is 1. The van der Waals surface area contributed by atoms with Crippen molar-refractivity contribution in [3.63, 3.8) is 0 Å². The predicted octanol–water partition coefficient (Wildman–Crippen LogP) is 5.22. The van der Waals surface area contributed by atoms with E-state index in [1.54, 1.807) is 52.3 Å². The standard InChI is InChI=1S/C33H36N2O9/c1-16(36)42-29-24-22(43-33(5,6)25(29)26(30(38)39)34-31(40)44-32(2,3)4)15-21(41-8)23-27(24)35(7)20-14-18-12-10-9-11-17(18)13-19(20)28(23)37/h9-15,25-26,29H,1-8H3,(H,34,40)(H,38,39). The van der Waals surface area contributed by atoms with Gasteiger partial charge in [-0.1, -0.05) is 24.3 Å². The lowest BCUT2D eigenvalue weighted by atomic mass is 9.74. The highest BCUT2D eigenvalue weighted by Gasteiger charge is 2.54. The monoisotopic (exact) mass is 604 g/mol. The molecule has 3 atom stereocenters. The Morgan fingerprint density at radius 2 is 1.73 bits per heavy atom. The van der Waals surface area contributed by atoms with Crippen molar-refractivity contribution in [2.75, 3.05) is 7.11 Å². The number of rotatable bonds is 5. The fraction of sp³-hybridized carbons (Fsp3) is 0.394. The van der Waals surface area contributed by atoms with E-state index in [0.29, 0.717) is 16.4 Å². The molecule has 1 aliphatic rings. The summed E-state index contributed by atoms with van der Waals surface area (Å²) in [5.74, 6) is -2.75. The highest BCUT2D eigenvalue weighted by Crippen LogP contribution is 2.51. The van der Waals surface area contributed by atoms with Gasteiger partial charge in [0.2, 0.25) is 5.43 Å². The molecule has 0 aliphatic carbocycles. The van der Waals surface area contributed by atoms with Crippen LogP contribution in [0.25, 0.3) is 32.6 Å². The molecule has 2 N–H and O–H groups in total. The molecule has 2 heterocycles. The van der Waals surface area contributed by atoms with Gasteiger partial charge in [-0.3, -0.25) is 9.59 Å². The van der Waals surface area contributed by atoms with Crippen LogP contribution in [0.2, 0.25) is 0 Å². The number of methoxy groups -OCH3 is 1. The van der Waals surface area contributed by atoms with Gasteiger partial charge in [0, 0.05) is 25.4 Å². The second-order valence-electron chi connectivity index (χ2n) is 12.5. The molecule has 1 amide bonds. The largest absolute Gasteiger partial charge is 0.496 e. The molecule has 4 aromatic rings. The Kier molecular flexibility index (Phi) is 7.47. The fourth-order valence-electron chi connectivity index (χ4n) is 6.19. The van der Waals surface area contributed by atoms with E-state index < -0.39 is 47.3 Å². The fourth-order valence-corrected chi connectivity index (χ4v) is 6.19. The summed E-state index contributed by atoms with van der Waals surface area (Å²) in [6, 6.07) is 11.3. The quantitative estimate of drug-likeness (QED) is 0.231. The topological polar surface area (TPSA) is 142 Å². The van der Waals surface area contributed by atoms with Crippen LogP contribution in [-0.2, 0) is 26.1 Å². The number of fused-ring (bicyclic) bond motifs is 5. The van der Waals surface area contributed by atoms with Crippen LogP contribution in [0.15, 0.2) is 47.3 Å². The summed E-state index contributed by atoms with van der Waals surface area (Å²) < 4.78 is 25.2. The first-order valence-corrected chi connectivity index (χ1v) is 14.2. The second-order valence-corrected chi connectivity index (χ2v) is 12.5.